The highest BCUT2D eigenvalue weighted by atomic mass is 35.5. The van der Waals surface area contributed by atoms with Crippen LogP contribution in [0.5, 0.6) is 11.5 Å². The summed E-state index contributed by atoms with van der Waals surface area (Å²) in [5, 5.41) is 3.33. The number of benzene rings is 4. The molecule has 8 heteroatoms. The number of amides is 1. The summed E-state index contributed by atoms with van der Waals surface area (Å²) in [5.74, 6) is 0.645. The van der Waals surface area contributed by atoms with Crippen molar-refractivity contribution >= 4 is 38.9 Å². The van der Waals surface area contributed by atoms with Crippen LogP contribution in [-0.4, -0.2) is 14.3 Å². The van der Waals surface area contributed by atoms with Gasteiger partial charge in [0, 0.05) is 16.3 Å². The Hall–Kier alpha value is -3.81. The summed E-state index contributed by atoms with van der Waals surface area (Å²) in [5.41, 5.74) is 1.85. The molecule has 4 aromatic carbocycles. The van der Waals surface area contributed by atoms with Crippen LogP contribution in [0.15, 0.2) is 102 Å². The predicted octanol–water partition coefficient (Wildman–Crippen LogP) is 6.49. The van der Waals surface area contributed by atoms with Gasteiger partial charge in [0.25, 0.3) is 15.9 Å². The zero-order valence-corrected chi connectivity index (χ0v) is 19.7. The molecule has 2 N–H and O–H groups in total. The fraction of sp³-hybridized carbons (Fsp3) is 0.0385. The highest BCUT2D eigenvalue weighted by Gasteiger charge is 2.18. The third kappa shape index (κ3) is 5.57. The van der Waals surface area contributed by atoms with Crippen molar-refractivity contribution in [3.8, 4) is 11.5 Å². The number of sulfonamides is 1. The number of hydrogen-bond donors (Lipinski definition) is 2. The van der Waals surface area contributed by atoms with Crippen LogP contribution >= 0.6 is 11.6 Å². The van der Waals surface area contributed by atoms with Crippen molar-refractivity contribution in [2.24, 2.45) is 0 Å². The van der Waals surface area contributed by atoms with E-state index in [4.69, 9.17) is 16.3 Å². The van der Waals surface area contributed by atoms with Gasteiger partial charge in [0.05, 0.1) is 10.6 Å². The minimum atomic E-state index is -3.91. The van der Waals surface area contributed by atoms with Crippen LogP contribution in [0.25, 0.3) is 0 Å². The number of halogens is 1. The molecule has 1 amide bonds. The van der Waals surface area contributed by atoms with E-state index in [9.17, 15) is 13.2 Å². The lowest BCUT2D eigenvalue weighted by atomic mass is 10.1. The minimum Gasteiger partial charge on any atom is -0.455 e. The van der Waals surface area contributed by atoms with Gasteiger partial charge >= 0.3 is 0 Å². The van der Waals surface area contributed by atoms with E-state index in [1.165, 1.54) is 12.1 Å². The largest absolute Gasteiger partial charge is 0.455 e. The van der Waals surface area contributed by atoms with Crippen molar-refractivity contribution in [1.29, 1.82) is 0 Å². The summed E-state index contributed by atoms with van der Waals surface area (Å²) in [6.07, 6.45) is 0. The van der Waals surface area contributed by atoms with E-state index >= 15 is 0 Å². The second kappa shape index (κ2) is 9.99. The van der Waals surface area contributed by atoms with E-state index < -0.39 is 10.0 Å². The van der Waals surface area contributed by atoms with Gasteiger partial charge in [-0.15, -0.1) is 0 Å². The number of carbonyl (C=O) groups excluding carboxylic acids is 1. The van der Waals surface area contributed by atoms with Crippen molar-refractivity contribution in [3.63, 3.8) is 0 Å². The third-order valence-electron chi connectivity index (χ3n) is 4.97. The molecule has 0 fully saturated rings. The maximum Gasteiger partial charge on any atom is 0.262 e. The molecule has 4 rings (SSSR count). The fourth-order valence-electron chi connectivity index (χ4n) is 3.20. The smallest absolute Gasteiger partial charge is 0.262 e. The normalized spacial score (nSPS) is 11.0. The Morgan fingerprint density at radius 1 is 0.824 bits per heavy atom. The lowest BCUT2D eigenvalue weighted by Crippen LogP contribution is -2.15. The van der Waals surface area contributed by atoms with Gasteiger partial charge in [-0.05, 0) is 79.2 Å². The van der Waals surface area contributed by atoms with Crippen LogP contribution in [0.2, 0.25) is 5.02 Å². The molecule has 0 aliphatic carbocycles. The van der Waals surface area contributed by atoms with E-state index in [1.807, 2.05) is 18.2 Å². The summed E-state index contributed by atoms with van der Waals surface area (Å²) in [6, 6.07) is 26.9. The van der Waals surface area contributed by atoms with Crippen LogP contribution in [0.4, 0.5) is 11.4 Å². The molecule has 4 aromatic rings. The van der Waals surface area contributed by atoms with Gasteiger partial charge in [-0.3, -0.25) is 9.52 Å². The topological polar surface area (TPSA) is 84.5 Å². The zero-order valence-electron chi connectivity index (χ0n) is 18.2. The Morgan fingerprint density at radius 3 is 2.21 bits per heavy atom. The third-order valence-corrected chi connectivity index (χ3v) is 6.58. The van der Waals surface area contributed by atoms with E-state index in [0.717, 1.165) is 0 Å². The van der Waals surface area contributed by atoms with E-state index in [0.29, 0.717) is 39.0 Å². The van der Waals surface area contributed by atoms with Gasteiger partial charge < -0.3 is 10.1 Å². The number of anilines is 2. The number of aryl methyl sites for hydroxylation is 1. The first kappa shape index (κ1) is 23.4. The molecule has 0 bridgehead atoms. The first-order valence-electron chi connectivity index (χ1n) is 10.3. The SMILES string of the molecule is Cc1cc(S(=O)(=O)Nc2ccccc2Oc2ccccc2)ccc1NC(=O)c1ccc(Cl)cc1. The van der Waals surface area contributed by atoms with Crippen LogP contribution in [-0.2, 0) is 10.0 Å². The molecule has 0 atom stereocenters. The Labute approximate surface area is 203 Å². The highest BCUT2D eigenvalue weighted by Crippen LogP contribution is 2.31. The number of para-hydroxylation sites is 3. The average Bonchev–Trinajstić information content (AvgIpc) is 2.82. The molecule has 0 aliphatic rings. The van der Waals surface area contributed by atoms with E-state index in [2.05, 4.69) is 10.0 Å². The van der Waals surface area contributed by atoms with Crippen molar-refractivity contribution in [2.45, 2.75) is 11.8 Å². The maximum atomic E-state index is 13.1. The first-order valence-corrected chi connectivity index (χ1v) is 12.2. The average molecular weight is 493 g/mol. The number of hydrogen-bond acceptors (Lipinski definition) is 4. The minimum absolute atomic E-state index is 0.0593. The summed E-state index contributed by atoms with van der Waals surface area (Å²) in [4.78, 5) is 12.5. The van der Waals surface area contributed by atoms with Crippen molar-refractivity contribution in [2.75, 3.05) is 10.0 Å². The molecule has 0 aliphatic heterocycles. The van der Waals surface area contributed by atoms with Gasteiger partial charge in [0.2, 0.25) is 0 Å². The lowest BCUT2D eigenvalue weighted by molar-refractivity contribution is 0.102. The molecular weight excluding hydrogens is 472 g/mol. The van der Waals surface area contributed by atoms with Crippen LogP contribution in [0.1, 0.15) is 15.9 Å². The summed E-state index contributed by atoms with van der Waals surface area (Å²) in [7, 11) is -3.91. The number of ether oxygens (including phenoxy) is 1. The van der Waals surface area contributed by atoms with Crippen molar-refractivity contribution in [3.05, 3.63) is 113 Å². The predicted molar refractivity (Wildman–Crippen MR) is 134 cm³/mol. The first-order chi connectivity index (χ1) is 16.3. The Balaban J connectivity index is 1.53. The van der Waals surface area contributed by atoms with Crippen LogP contribution in [0.3, 0.4) is 0 Å². The van der Waals surface area contributed by atoms with E-state index in [1.54, 1.807) is 73.7 Å². The van der Waals surface area contributed by atoms with Crippen molar-refractivity contribution < 1.29 is 17.9 Å². The highest BCUT2D eigenvalue weighted by molar-refractivity contribution is 7.92. The molecule has 0 unspecified atom stereocenters. The second-order valence-corrected chi connectivity index (χ2v) is 9.57. The van der Waals surface area contributed by atoms with Crippen LogP contribution < -0.4 is 14.8 Å². The molecule has 34 heavy (non-hydrogen) atoms. The Bertz CT molecular complexity index is 1420. The number of carbonyl (C=O) groups is 1. The summed E-state index contributed by atoms with van der Waals surface area (Å²) in [6.45, 7) is 1.73. The Morgan fingerprint density at radius 2 is 1.50 bits per heavy atom. The number of nitrogens with one attached hydrogen (secondary N) is 2. The standard InChI is InChI=1S/C26H21ClN2O4S/c1-18-17-22(15-16-23(18)28-26(30)19-11-13-20(27)14-12-19)34(31,32)29-24-9-5-6-10-25(24)33-21-7-3-2-4-8-21/h2-17,29H,1H3,(H,28,30). The van der Waals surface area contributed by atoms with Gasteiger partial charge in [-0.2, -0.15) is 0 Å². The summed E-state index contributed by atoms with van der Waals surface area (Å²) >= 11 is 5.87. The molecule has 0 spiro atoms. The molecule has 6 nitrogen and oxygen atoms in total. The molecule has 0 saturated heterocycles. The molecule has 0 saturated carbocycles. The van der Waals surface area contributed by atoms with Gasteiger partial charge in [-0.1, -0.05) is 41.9 Å². The molecule has 172 valence electrons. The number of rotatable bonds is 7. The van der Waals surface area contributed by atoms with E-state index in [-0.39, 0.29) is 10.8 Å². The molecule has 0 radical (unpaired) electrons. The van der Waals surface area contributed by atoms with Crippen LogP contribution in [0, 0.1) is 6.92 Å². The molecular formula is C26H21ClN2O4S. The Kier molecular flexibility index (Phi) is 6.86. The second-order valence-electron chi connectivity index (χ2n) is 7.45. The zero-order chi connectivity index (χ0) is 24.1. The maximum absolute atomic E-state index is 13.1. The molecule has 0 heterocycles. The monoisotopic (exact) mass is 492 g/mol. The van der Waals surface area contributed by atoms with Gasteiger partial charge in [0.1, 0.15) is 5.75 Å². The fourth-order valence-corrected chi connectivity index (χ4v) is 4.48. The van der Waals surface area contributed by atoms with Crippen molar-refractivity contribution in [1.82, 2.24) is 0 Å². The summed E-state index contributed by atoms with van der Waals surface area (Å²) < 4.78 is 34.6. The lowest BCUT2D eigenvalue weighted by Gasteiger charge is -2.15. The van der Waals surface area contributed by atoms with Gasteiger partial charge in [0.15, 0.2) is 5.75 Å². The quantitative estimate of drug-likeness (QED) is 0.308. The molecule has 0 aromatic heterocycles. The van der Waals surface area contributed by atoms with Gasteiger partial charge in [-0.25, -0.2) is 8.42 Å².